The molecule has 1 fully saturated rings. The highest BCUT2D eigenvalue weighted by Gasteiger charge is 2.44. The van der Waals surface area contributed by atoms with E-state index in [4.69, 9.17) is 9.84 Å². The van der Waals surface area contributed by atoms with Gasteiger partial charge in [0.15, 0.2) is 6.23 Å². The fourth-order valence-corrected chi connectivity index (χ4v) is 2.23. The summed E-state index contributed by atoms with van der Waals surface area (Å²) in [5.74, 6) is 0. The minimum Gasteiger partial charge on any atom is -0.394 e. The number of aliphatic hydroxyl groups excluding tert-OH is 3. The molecular weight excluding hydrogens is 236 g/mol. The van der Waals surface area contributed by atoms with Crippen molar-refractivity contribution >= 4 is 0 Å². The first kappa shape index (κ1) is 13.5. The Morgan fingerprint density at radius 3 is 2.50 bits per heavy atom. The van der Waals surface area contributed by atoms with Crippen LogP contribution in [0.25, 0.3) is 0 Å². The Morgan fingerprint density at radius 2 is 2.00 bits per heavy atom. The van der Waals surface area contributed by atoms with E-state index >= 15 is 0 Å². The Kier molecular flexibility index (Phi) is 4.01. The molecule has 0 amide bonds. The topological polar surface area (TPSA) is 87.7 Å². The fourth-order valence-electron chi connectivity index (χ4n) is 2.23. The van der Waals surface area contributed by atoms with Gasteiger partial charge in [0.2, 0.25) is 0 Å². The van der Waals surface area contributed by atoms with Crippen LogP contribution in [-0.2, 0) is 17.6 Å². The van der Waals surface area contributed by atoms with Crippen LogP contribution >= 0.6 is 0 Å². The summed E-state index contributed by atoms with van der Waals surface area (Å²) in [5.41, 5.74) is 1.87. The van der Waals surface area contributed by atoms with Gasteiger partial charge in [-0.15, -0.1) is 0 Å². The lowest BCUT2D eigenvalue weighted by Gasteiger charge is -2.17. The summed E-state index contributed by atoms with van der Waals surface area (Å²) >= 11 is 0. The van der Waals surface area contributed by atoms with Gasteiger partial charge < -0.3 is 20.1 Å². The molecule has 2 rings (SSSR count). The number of hydrogen-bond acceptors (Lipinski definition) is 5. The van der Waals surface area contributed by atoms with Crippen LogP contribution in [0.15, 0.2) is 6.07 Å². The van der Waals surface area contributed by atoms with E-state index in [1.54, 1.807) is 4.68 Å². The molecule has 6 heteroatoms. The summed E-state index contributed by atoms with van der Waals surface area (Å²) in [4.78, 5) is 0. The third-order valence-corrected chi connectivity index (χ3v) is 3.35. The first-order valence-corrected chi connectivity index (χ1v) is 6.32. The van der Waals surface area contributed by atoms with Crippen LogP contribution in [0.3, 0.4) is 0 Å². The lowest BCUT2D eigenvalue weighted by atomic mass is 10.1. The molecule has 2 heterocycles. The number of aliphatic hydroxyl groups is 3. The number of ether oxygens (including phenoxy) is 1. The molecule has 0 aromatic carbocycles. The lowest BCUT2D eigenvalue weighted by molar-refractivity contribution is -0.0599. The molecule has 3 N–H and O–H groups in total. The number of aryl methyl sites for hydroxylation is 2. The molecule has 1 saturated heterocycles. The van der Waals surface area contributed by atoms with Crippen molar-refractivity contribution in [2.45, 2.75) is 51.2 Å². The van der Waals surface area contributed by atoms with E-state index in [0.717, 1.165) is 24.2 Å². The van der Waals surface area contributed by atoms with E-state index in [1.165, 1.54) is 0 Å². The van der Waals surface area contributed by atoms with E-state index in [9.17, 15) is 10.2 Å². The Labute approximate surface area is 106 Å². The predicted octanol–water partition coefficient (Wildman–Crippen LogP) is -0.381. The van der Waals surface area contributed by atoms with Crippen LogP contribution in [0.4, 0.5) is 0 Å². The monoisotopic (exact) mass is 256 g/mol. The predicted molar refractivity (Wildman–Crippen MR) is 64.0 cm³/mol. The van der Waals surface area contributed by atoms with E-state index in [2.05, 4.69) is 5.10 Å². The molecule has 0 bridgehead atoms. The van der Waals surface area contributed by atoms with Gasteiger partial charge in [-0.2, -0.15) is 5.10 Å². The summed E-state index contributed by atoms with van der Waals surface area (Å²) in [5, 5.41) is 33.2. The second kappa shape index (κ2) is 5.36. The summed E-state index contributed by atoms with van der Waals surface area (Å²) in [6, 6.07) is 1.97. The summed E-state index contributed by atoms with van der Waals surface area (Å²) in [7, 11) is 0. The average molecular weight is 256 g/mol. The minimum absolute atomic E-state index is 0.321. The molecule has 18 heavy (non-hydrogen) atoms. The Hall–Kier alpha value is -0.950. The van der Waals surface area contributed by atoms with Crippen molar-refractivity contribution in [3.8, 4) is 0 Å². The molecule has 1 aromatic rings. The molecule has 1 aromatic heterocycles. The zero-order valence-electron chi connectivity index (χ0n) is 10.7. The maximum atomic E-state index is 9.97. The van der Waals surface area contributed by atoms with Gasteiger partial charge in [0.05, 0.1) is 12.3 Å². The first-order chi connectivity index (χ1) is 8.62. The van der Waals surface area contributed by atoms with Gasteiger partial charge in [-0.25, -0.2) is 4.68 Å². The smallest absolute Gasteiger partial charge is 0.179 e. The molecule has 0 saturated carbocycles. The van der Waals surface area contributed by atoms with Gasteiger partial charge in [0.1, 0.15) is 18.3 Å². The quantitative estimate of drug-likeness (QED) is 0.683. The Bertz CT molecular complexity index is 407. The van der Waals surface area contributed by atoms with Gasteiger partial charge >= 0.3 is 0 Å². The van der Waals surface area contributed by atoms with Crippen LogP contribution in [0, 0.1) is 0 Å². The van der Waals surface area contributed by atoms with Crippen LogP contribution < -0.4 is 0 Å². The van der Waals surface area contributed by atoms with Crippen molar-refractivity contribution in [2.24, 2.45) is 0 Å². The molecule has 0 aliphatic carbocycles. The highest BCUT2D eigenvalue weighted by Crippen LogP contribution is 2.30. The van der Waals surface area contributed by atoms with Crippen LogP contribution in [0.2, 0.25) is 0 Å². The number of aromatic nitrogens is 2. The Morgan fingerprint density at radius 1 is 1.28 bits per heavy atom. The molecule has 1 aliphatic rings. The molecule has 0 radical (unpaired) electrons. The largest absolute Gasteiger partial charge is 0.394 e. The summed E-state index contributed by atoms with van der Waals surface area (Å²) < 4.78 is 7.09. The van der Waals surface area contributed by atoms with Gasteiger partial charge in [0.25, 0.3) is 0 Å². The molecular formula is C12H20N2O4. The van der Waals surface area contributed by atoms with Crippen molar-refractivity contribution in [2.75, 3.05) is 6.61 Å². The fraction of sp³-hybridized carbons (Fsp3) is 0.750. The maximum absolute atomic E-state index is 9.97. The second-order valence-corrected chi connectivity index (χ2v) is 4.51. The molecule has 4 atom stereocenters. The highest BCUT2D eigenvalue weighted by atomic mass is 16.6. The zero-order valence-corrected chi connectivity index (χ0v) is 10.7. The summed E-state index contributed by atoms with van der Waals surface area (Å²) in [6.07, 6.45) is -2.08. The van der Waals surface area contributed by atoms with Crippen LogP contribution in [0.5, 0.6) is 0 Å². The van der Waals surface area contributed by atoms with Crippen LogP contribution in [0.1, 0.15) is 31.5 Å². The van der Waals surface area contributed by atoms with Gasteiger partial charge in [0, 0.05) is 5.69 Å². The third-order valence-electron chi connectivity index (χ3n) is 3.35. The van der Waals surface area contributed by atoms with Crippen molar-refractivity contribution in [1.29, 1.82) is 0 Å². The van der Waals surface area contributed by atoms with E-state index < -0.39 is 24.5 Å². The average Bonchev–Trinajstić information content (AvgIpc) is 2.92. The SMILES string of the molecule is CCc1cc(CC)n([C@@H]2O[C@H](CO)[C@@H](O)[C@H]2O)n1. The van der Waals surface area contributed by atoms with Crippen molar-refractivity contribution in [3.05, 3.63) is 17.5 Å². The lowest BCUT2D eigenvalue weighted by Crippen LogP contribution is -2.33. The van der Waals surface area contributed by atoms with Crippen LogP contribution in [-0.4, -0.2) is 50.0 Å². The molecule has 102 valence electrons. The number of hydrogen-bond donors (Lipinski definition) is 3. The Balaban J connectivity index is 2.28. The van der Waals surface area contributed by atoms with Crippen molar-refractivity contribution < 1.29 is 20.1 Å². The second-order valence-electron chi connectivity index (χ2n) is 4.51. The summed E-state index contributed by atoms with van der Waals surface area (Å²) in [6.45, 7) is 3.68. The number of rotatable bonds is 4. The zero-order chi connectivity index (χ0) is 13.3. The highest BCUT2D eigenvalue weighted by molar-refractivity contribution is 5.12. The minimum atomic E-state index is -1.08. The third kappa shape index (κ3) is 2.16. The first-order valence-electron chi connectivity index (χ1n) is 6.32. The maximum Gasteiger partial charge on any atom is 0.179 e. The molecule has 6 nitrogen and oxygen atoms in total. The number of nitrogens with zero attached hydrogens (tertiary/aromatic N) is 2. The van der Waals surface area contributed by atoms with Gasteiger partial charge in [-0.1, -0.05) is 13.8 Å². The van der Waals surface area contributed by atoms with E-state index in [-0.39, 0.29) is 6.61 Å². The van der Waals surface area contributed by atoms with Gasteiger partial charge in [-0.3, -0.25) is 0 Å². The molecule has 0 unspecified atom stereocenters. The standard InChI is InChI=1S/C12H20N2O4/c1-3-7-5-8(4-2)14(13-7)12-11(17)10(16)9(6-15)18-12/h5,9-12,15-17H,3-4,6H2,1-2H3/t9-,10-,11-,12-/m1/s1. The van der Waals surface area contributed by atoms with E-state index in [1.807, 2.05) is 19.9 Å². The molecule has 1 aliphatic heterocycles. The molecule has 0 spiro atoms. The van der Waals surface area contributed by atoms with Crippen molar-refractivity contribution in [1.82, 2.24) is 9.78 Å². The normalized spacial score (nSPS) is 32.1. The van der Waals surface area contributed by atoms with Crippen molar-refractivity contribution in [3.63, 3.8) is 0 Å². The van der Waals surface area contributed by atoms with E-state index in [0.29, 0.717) is 0 Å². The van der Waals surface area contributed by atoms with Gasteiger partial charge in [-0.05, 0) is 18.9 Å².